The van der Waals surface area contributed by atoms with Crippen molar-refractivity contribution in [3.63, 3.8) is 0 Å². The number of hydrogen-bond donors (Lipinski definition) is 2. The van der Waals surface area contributed by atoms with E-state index in [4.69, 9.17) is 21.7 Å². The number of nitrogens with zero attached hydrogens (tertiary/aromatic N) is 1. The molecule has 5 nitrogen and oxygen atoms in total. The fourth-order valence-electron chi connectivity index (χ4n) is 5.69. The normalized spacial score (nSPS) is 34.5. The molecule has 1 heterocycles. The molecule has 2 N–H and O–H groups in total. The van der Waals surface area contributed by atoms with Crippen molar-refractivity contribution in [3.05, 3.63) is 23.8 Å². The van der Waals surface area contributed by atoms with Crippen molar-refractivity contribution in [1.29, 1.82) is 0 Å². The van der Waals surface area contributed by atoms with E-state index in [1.54, 1.807) is 6.21 Å². The van der Waals surface area contributed by atoms with Gasteiger partial charge in [-0.05, 0) is 92.3 Å². The zero-order valence-electron chi connectivity index (χ0n) is 14.2. The molecule has 0 amide bonds. The zero-order valence-corrected chi connectivity index (χ0v) is 15.0. The van der Waals surface area contributed by atoms with Gasteiger partial charge in [0.15, 0.2) is 16.6 Å². The third-order valence-corrected chi connectivity index (χ3v) is 6.39. The Labute approximate surface area is 153 Å². The molecule has 4 aliphatic carbocycles. The Kier molecular flexibility index (Phi) is 3.62. The van der Waals surface area contributed by atoms with Crippen LogP contribution < -0.4 is 20.2 Å². The molecule has 1 aliphatic heterocycles. The van der Waals surface area contributed by atoms with Crippen molar-refractivity contribution in [2.75, 3.05) is 6.79 Å². The van der Waals surface area contributed by atoms with E-state index in [2.05, 4.69) is 15.8 Å². The number of hydrazone groups is 1. The van der Waals surface area contributed by atoms with Gasteiger partial charge in [0.2, 0.25) is 6.79 Å². The van der Waals surface area contributed by atoms with Crippen LogP contribution in [0, 0.1) is 17.8 Å². The maximum absolute atomic E-state index is 5.50. The predicted octanol–water partition coefficient (Wildman–Crippen LogP) is 3.18. The molecule has 0 unspecified atom stereocenters. The minimum atomic E-state index is 0.215. The Morgan fingerprint density at radius 1 is 1.08 bits per heavy atom. The maximum atomic E-state index is 5.50. The molecule has 1 aromatic rings. The summed E-state index contributed by atoms with van der Waals surface area (Å²) in [7, 11) is 0. The highest BCUT2D eigenvalue weighted by atomic mass is 32.1. The van der Waals surface area contributed by atoms with Gasteiger partial charge < -0.3 is 14.8 Å². The molecular formula is C19H23N3O2S. The molecule has 132 valence electrons. The fraction of sp³-hybridized carbons (Fsp3) is 0.579. The number of benzene rings is 1. The smallest absolute Gasteiger partial charge is 0.231 e. The Balaban J connectivity index is 1.20. The van der Waals surface area contributed by atoms with Crippen LogP contribution in [0.5, 0.6) is 11.5 Å². The standard InChI is InChI=1S/C19H23N3O2S/c25-18(21-19-7-13-3-14(8-19)5-15(4-13)9-19)22-20-10-12-1-2-16-17(6-12)24-11-23-16/h1-2,6,10,13-15H,3-5,7-9,11H2,(H2,21,22,25)/b20-10-. The van der Waals surface area contributed by atoms with Crippen molar-refractivity contribution < 1.29 is 9.47 Å². The van der Waals surface area contributed by atoms with Crippen LogP contribution in [0.3, 0.4) is 0 Å². The van der Waals surface area contributed by atoms with Crippen LogP contribution in [-0.2, 0) is 0 Å². The Hall–Kier alpha value is -1.82. The quantitative estimate of drug-likeness (QED) is 0.494. The van der Waals surface area contributed by atoms with Crippen LogP contribution in [0.4, 0.5) is 0 Å². The van der Waals surface area contributed by atoms with Crippen molar-refractivity contribution in [2.45, 2.75) is 44.1 Å². The van der Waals surface area contributed by atoms with Gasteiger partial charge in [-0.3, -0.25) is 5.43 Å². The molecule has 5 aliphatic rings. The van der Waals surface area contributed by atoms with Crippen molar-refractivity contribution in [2.24, 2.45) is 22.9 Å². The van der Waals surface area contributed by atoms with Crippen LogP contribution >= 0.6 is 12.2 Å². The second-order valence-electron chi connectivity index (χ2n) is 8.13. The molecule has 6 heteroatoms. The summed E-state index contributed by atoms with van der Waals surface area (Å²) in [5.74, 6) is 4.25. The van der Waals surface area contributed by atoms with Gasteiger partial charge in [0.05, 0.1) is 6.21 Å². The van der Waals surface area contributed by atoms with Crippen LogP contribution in [0.2, 0.25) is 0 Å². The molecular weight excluding hydrogens is 334 g/mol. The van der Waals surface area contributed by atoms with E-state index in [9.17, 15) is 0 Å². The van der Waals surface area contributed by atoms with E-state index in [-0.39, 0.29) is 12.3 Å². The Morgan fingerprint density at radius 2 is 1.76 bits per heavy atom. The van der Waals surface area contributed by atoms with E-state index in [0.717, 1.165) is 34.8 Å². The van der Waals surface area contributed by atoms with Crippen LogP contribution in [0.1, 0.15) is 44.1 Å². The monoisotopic (exact) mass is 357 g/mol. The highest BCUT2D eigenvalue weighted by Gasteiger charge is 2.51. The number of ether oxygens (including phenoxy) is 2. The molecule has 0 atom stereocenters. The van der Waals surface area contributed by atoms with Crippen LogP contribution in [0.15, 0.2) is 23.3 Å². The van der Waals surface area contributed by atoms with Crippen molar-refractivity contribution >= 4 is 23.5 Å². The van der Waals surface area contributed by atoms with E-state index in [0.29, 0.717) is 5.11 Å². The minimum Gasteiger partial charge on any atom is -0.454 e. The Bertz CT molecular complexity index is 698. The number of fused-ring (bicyclic) bond motifs is 1. The first kappa shape index (κ1) is 15.4. The van der Waals surface area contributed by atoms with E-state index >= 15 is 0 Å². The Morgan fingerprint density at radius 3 is 2.48 bits per heavy atom. The molecule has 4 fully saturated rings. The average molecular weight is 357 g/mol. The third kappa shape index (κ3) is 2.97. The van der Waals surface area contributed by atoms with Crippen LogP contribution in [0.25, 0.3) is 0 Å². The molecule has 0 saturated heterocycles. The highest BCUT2D eigenvalue weighted by molar-refractivity contribution is 7.80. The lowest BCUT2D eigenvalue weighted by atomic mass is 9.53. The predicted molar refractivity (Wildman–Crippen MR) is 99.9 cm³/mol. The molecule has 0 aromatic heterocycles. The number of thiocarbonyl (C=S) groups is 1. The summed E-state index contributed by atoms with van der Waals surface area (Å²) < 4.78 is 10.7. The SMILES string of the molecule is S=C(N/N=C\c1ccc2c(c1)OCO2)NC12CC3CC(CC(C3)C1)C2. The summed E-state index contributed by atoms with van der Waals surface area (Å²) in [5.41, 5.74) is 4.16. The van der Waals surface area contributed by atoms with Crippen molar-refractivity contribution in [3.8, 4) is 11.5 Å². The molecule has 4 saturated carbocycles. The summed E-state index contributed by atoms with van der Waals surface area (Å²) in [4.78, 5) is 0. The summed E-state index contributed by atoms with van der Waals surface area (Å²) >= 11 is 5.50. The number of hydrogen-bond acceptors (Lipinski definition) is 4. The second kappa shape index (κ2) is 5.87. The molecule has 25 heavy (non-hydrogen) atoms. The first-order valence-corrected chi connectivity index (χ1v) is 9.59. The lowest BCUT2D eigenvalue weighted by molar-refractivity contribution is -0.0101. The molecule has 0 spiro atoms. The maximum Gasteiger partial charge on any atom is 0.231 e. The molecule has 6 rings (SSSR count). The third-order valence-electron chi connectivity index (χ3n) is 6.19. The first-order valence-electron chi connectivity index (χ1n) is 9.18. The van der Waals surface area contributed by atoms with Gasteiger partial charge >= 0.3 is 0 Å². The lowest BCUT2D eigenvalue weighted by Gasteiger charge is -2.57. The summed E-state index contributed by atoms with van der Waals surface area (Å²) in [6.07, 6.45) is 9.87. The average Bonchev–Trinajstić information content (AvgIpc) is 3.00. The minimum absolute atomic E-state index is 0.215. The molecule has 0 radical (unpaired) electrons. The first-order chi connectivity index (χ1) is 12.2. The van der Waals surface area contributed by atoms with Gasteiger partial charge in [0.25, 0.3) is 0 Å². The van der Waals surface area contributed by atoms with Gasteiger partial charge in [-0.1, -0.05) is 0 Å². The topological polar surface area (TPSA) is 54.9 Å². The van der Waals surface area contributed by atoms with Crippen molar-refractivity contribution in [1.82, 2.24) is 10.7 Å². The van der Waals surface area contributed by atoms with E-state index in [1.807, 2.05) is 18.2 Å². The summed E-state index contributed by atoms with van der Waals surface area (Å²) in [5, 5.41) is 8.54. The van der Waals surface area contributed by atoms with Gasteiger partial charge in [0, 0.05) is 5.54 Å². The fourth-order valence-corrected chi connectivity index (χ4v) is 5.96. The number of nitrogens with one attached hydrogen (secondary N) is 2. The lowest BCUT2D eigenvalue weighted by Crippen LogP contribution is -2.61. The summed E-state index contributed by atoms with van der Waals surface area (Å²) in [6, 6.07) is 5.77. The highest BCUT2D eigenvalue weighted by Crippen LogP contribution is 2.55. The molecule has 1 aromatic carbocycles. The van der Waals surface area contributed by atoms with Gasteiger partial charge in [-0.2, -0.15) is 5.10 Å². The van der Waals surface area contributed by atoms with E-state index < -0.39 is 0 Å². The van der Waals surface area contributed by atoms with E-state index in [1.165, 1.54) is 38.5 Å². The number of rotatable bonds is 3. The van der Waals surface area contributed by atoms with Gasteiger partial charge in [-0.25, -0.2) is 0 Å². The second-order valence-corrected chi connectivity index (χ2v) is 8.54. The molecule has 4 bridgehead atoms. The van der Waals surface area contributed by atoms with Crippen LogP contribution in [-0.4, -0.2) is 23.7 Å². The summed E-state index contributed by atoms with van der Waals surface area (Å²) in [6.45, 7) is 0.285. The largest absolute Gasteiger partial charge is 0.454 e. The van der Waals surface area contributed by atoms with Gasteiger partial charge in [0.1, 0.15) is 0 Å². The zero-order chi connectivity index (χ0) is 16.9. The van der Waals surface area contributed by atoms with Gasteiger partial charge in [-0.15, -0.1) is 0 Å².